The zero-order chi connectivity index (χ0) is 15.0. The first-order chi connectivity index (χ1) is 10.1. The number of urea groups is 1. The Morgan fingerprint density at radius 2 is 2.05 bits per heavy atom. The number of rotatable bonds is 2. The number of amides is 4. The number of carbonyl (C=O) groups excluding carboxylic acids is 3. The van der Waals surface area contributed by atoms with Gasteiger partial charge in [0.15, 0.2) is 0 Å². The van der Waals surface area contributed by atoms with Gasteiger partial charge in [-0.1, -0.05) is 0 Å². The van der Waals surface area contributed by atoms with Gasteiger partial charge in [-0.15, -0.1) is 0 Å². The number of hydrogen-bond donors (Lipinski definition) is 3. The van der Waals surface area contributed by atoms with Crippen LogP contribution >= 0.6 is 0 Å². The molecule has 0 radical (unpaired) electrons. The van der Waals surface area contributed by atoms with Gasteiger partial charge in [0.2, 0.25) is 5.91 Å². The summed E-state index contributed by atoms with van der Waals surface area (Å²) in [4.78, 5) is 37.5. The summed E-state index contributed by atoms with van der Waals surface area (Å²) in [5.41, 5.74) is -0.831. The molecular weight excluding hydrogens is 276 g/mol. The van der Waals surface area contributed by atoms with Gasteiger partial charge in [-0.05, 0) is 19.9 Å². The summed E-state index contributed by atoms with van der Waals surface area (Å²) in [6.07, 6.45) is 0.905. The zero-order valence-corrected chi connectivity index (χ0v) is 12.0. The van der Waals surface area contributed by atoms with Crippen molar-refractivity contribution in [2.45, 2.75) is 24.4 Å². The Kier molecular flexibility index (Phi) is 3.58. The number of imide groups is 1. The number of ether oxygens (including phenoxy) is 1. The van der Waals surface area contributed by atoms with Crippen LogP contribution < -0.4 is 16.0 Å². The van der Waals surface area contributed by atoms with E-state index in [0.29, 0.717) is 39.1 Å². The first kappa shape index (κ1) is 14.3. The summed E-state index contributed by atoms with van der Waals surface area (Å²) in [5.74, 6) is -0.389. The molecule has 8 heteroatoms. The second kappa shape index (κ2) is 5.27. The minimum Gasteiger partial charge on any atom is -0.379 e. The molecule has 3 aliphatic heterocycles. The predicted octanol–water partition coefficient (Wildman–Crippen LogP) is -1.58. The highest BCUT2D eigenvalue weighted by Gasteiger charge is 2.49. The van der Waals surface area contributed by atoms with Crippen LogP contribution in [0.2, 0.25) is 0 Å². The van der Waals surface area contributed by atoms with E-state index < -0.39 is 11.6 Å². The van der Waals surface area contributed by atoms with Gasteiger partial charge < -0.3 is 20.3 Å². The van der Waals surface area contributed by atoms with Gasteiger partial charge in [0.05, 0.1) is 19.1 Å². The maximum atomic E-state index is 12.5. The molecule has 0 saturated carbocycles. The lowest BCUT2D eigenvalue weighted by Crippen LogP contribution is -2.57. The molecular formula is C13H20N4O4. The third-order valence-electron chi connectivity index (χ3n) is 4.71. The van der Waals surface area contributed by atoms with E-state index >= 15 is 0 Å². The van der Waals surface area contributed by atoms with Crippen LogP contribution in [0.4, 0.5) is 4.79 Å². The fraction of sp³-hybridized carbons (Fsp3) is 0.769. The van der Waals surface area contributed by atoms with Crippen LogP contribution in [-0.4, -0.2) is 67.7 Å². The van der Waals surface area contributed by atoms with Crippen molar-refractivity contribution in [3.05, 3.63) is 0 Å². The summed E-state index contributed by atoms with van der Waals surface area (Å²) in [6, 6.07) is -0.401. The van der Waals surface area contributed by atoms with Crippen LogP contribution in [0.5, 0.6) is 0 Å². The largest absolute Gasteiger partial charge is 0.379 e. The smallest absolute Gasteiger partial charge is 0.322 e. The van der Waals surface area contributed by atoms with Gasteiger partial charge in [0.1, 0.15) is 5.54 Å². The van der Waals surface area contributed by atoms with Crippen molar-refractivity contribution in [3.8, 4) is 0 Å². The number of hydrogen-bond acceptors (Lipinski definition) is 5. The molecule has 3 N–H and O–H groups in total. The first-order valence-corrected chi connectivity index (χ1v) is 7.23. The lowest BCUT2D eigenvalue weighted by molar-refractivity contribution is -0.139. The molecule has 3 fully saturated rings. The van der Waals surface area contributed by atoms with E-state index in [4.69, 9.17) is 4.74 Å². The monoisotopic (exact) mass is 296 g/mol. The maximum Gasteiger partial charge on any atom is 0.322 e. The van der Waals surface area contributed by atoms with E-state index in [1.54, 1.807) is 4.90 Å². The van der Waals surface area contributed by atoms with Crippen molar-refractivity contribution in [2.75, 3.05) is 33.4 Å². The minimum atomic E-state index is -0.831. The number of likely N-dealkylation sites (N-methyl/N-ethyl adjacent to an activating group) is 1. The van der Waals surface area contributed by atoms with Crippen molar-refractivity contribution in [2.24, 2.45) is 5.92 Å². The van der Waals surface area contributed by atoms with Crippen molar-refractivity contribution >= 4 is 17.8 Å². The molecule has 3 aliphatic rings. The molecule has 21 heavy (non-hydrogen) atoms. The molecule has 8 nitrogen and oxygen atoms in total. The molecule has 0 aromatic heterocycles. The third kappa shape index (κ3) is 2.38. The number of nitrogens with zero attached hydrogens (tertiary/aromatic N) is 1. The number of nitrogens with one attached hydrogen (secondary N) is 3. The second-order valence-corrected chi connectivity index (χ2v) is 5.85. The van der Waals surface area contributed by atoms with Gasteiger partial charge in [0.25, 0.3) is 5.91 Å². The highest BCUT2D eigenvalue weighted by Crippen LogP contribution is 2.27. The Bertz CT molecular complexity index is 473. The van der Waals surface area contributed by atoms with Gasteiger partial charge in [-0.2, -0.15) is 0 Å². The van der Waals surface area contributed by atoms with Crippen LogP contribution in [0.1, 0.15) is 12.8 Å². The fourth-order valence-corrected chi connectivity index (χ4v) is 3.31. The molecule has 1 spiro atoms. The lowest BCUT2D eigenvalue weighted by atomic mass is 9.87. The van der Waals surface area contributed by atoms with Crippen molar-refractivity contribution in [3.63, 3.8) is 0 Å². The van der Waals surface area contributed by atoms with E-state index in [2.05, 4.69) is 16.0 Å². The first-order valence-electron chi connectivity index (χ1n) is 7.23. The topological polar surface area (TPSA) is 99.8 Å². The second-order valence-electron chi connectivity index (χ2n) is 5.85. The van der Waals surface area contributed by atoms with E-state index in [0.717, 1.165) is 0 Å². The highest BCUT2D eigenvalue weighted by molar-refractivity contribution is 6.07. The van der Waals surface area contributed by atoms with Crippen LogP contribution in [-0.2, 0) is 14.3 Å². The number of carbonyl (C=O) groups is 3. The third-order valence-corrected chi connectivity index (χ3v) is 4.71. The normalized spacial score (nSPS) is 31.4. The molecule has 2 atom stereocenters. The van der Waals surface area contributed by atoms with E-state index in [9.17, 15) is 14.4 Å². The highest BCUT2D eigenvalue weighted by atomic mass is 16.5. The number of likely N-dealkylation sites (tertiary alicyclic amines) is 1. The average molecular weight is 296 g/mol. The molecule has 0 bridgehead atoms. The molecule has 3 saturated heterocycles. The summed E-state index contributed by atoms with van der Waals surface area (Å²) in [6.45, 7) is 1.92. The molecule has 0 aromatic rings. The average Bonchev–Trinajstić information content (AvgIpc) is 3.04. The Morgan fingerprint density at radius 3 is 2.62 bits per heavy atom. The fourth-order valence-electron chi connectivity index (χ4n) is 3.31. The van der Waals surface area contributed by atoms with Crippen LogP contribution in [0.15, 0.2) is 0 Å². The summed E-state index contributed by atoms with van der Waals surface area (Å²) < 4.78 is 5.37. The Morgan fingerprint density at radius 1 is 1.33 bits per heavy atom. The van der Waals surface area contributed by atoms with Crippen LogP contribution in [0, 0.1) is 5.92 Å². The van der Waals surface area contributed by atoms with Crippen molar-refractivity contribution in [1.29, 1.82) is 0 Å². The SMILES string of the molecule is CNC1COCC1C(=O)N1CCC2(CC1)NC(=O)NC2=O. The van der Waals surface area contributed by atoms with E-state index in [1.807, 2.05) is 7.05 Å². The van der Waals surface area contributed by atoms with Gasteiger partial charge in [-0.25, -0.2) is 4.79 Å². The lowest BCUT2D eigenvalue weighted by Gasteiger charge is -2.38. The summed E-state index contributed by atoms with van der Waals surface area (Å²) in [5, 5.41) is 8.07. The maximum absolute atomic E-state index is 12.5. The molecule has 4 amide bonds. The molecule has 3 heterocycles. The van der Waals surface area contributed by atoms with Crippen molar-refractivity contribution in [1.82, 2.24) is 20.9 Å². The molecule has 116 valence electrons. The molecule has 0 aromatic carbocycles. The standard InChI is InChI=1S/C13H20N4O4/c1-14-9-7-21-6-8(9)10(18)17-4-2-13(3-5-17)11(19)15-12(20)16-13/h8-9,14H,2-7H2,1H3,(H2,15,16,19,20). The molecule has 3 rings (SSSR count). The molecule has 2 unspecified atom stereocenters. The van der Waals surface area contributed by atoms with Crippen LogP contribution in [0.25, 0.3) is 0 Å². The minimum absolute atomic E-state index is 0.0443. The quantitative estimate of drug-likeness (QED) is 0.534. The van der Waals surface area contributed by atoms with E-state index in [-0.39, 0.29) is 23.8 Å². The summed E-state index contributed by atoms with van der Waals surface area (Å²) >= 11 is 0. The van der Waals surface area contributed by atoms with E-state index in [1.165, 1.54) is 0 Å². The molecule has 0 aliphatic carbocycles. The van der Waals surface area contributed by atoms with Gasteiger partial charge >= 0.3 is 6.03 Å². The zero-order valence-electron chi connectivity index (χ0n) is 12.0. The van der Waals surface area contributed by atoms with Gasteiger partial charge in [0, 0.05) is 19.1 Å². The predicted molar refractivity (Wildman–Crippen MR) is 72.4 cm³/mol. The van der Waals surface area contributed by atoms with Crippen molar-refractivity contribution < 1.29 is 19.1 Å². The Labute approximate surface area is 122 Å². The van der Waals surface area contributed by atoms with Crippen LogP contribution in [0.3, 0.4) is 0 Å². The Balaban J connectivity index is 1.62. The number of piperidine rings is 1. The Hall–Kier alpha value is -1.67. The van der Waals surface area contributed by atoms with Gasteiger partial charge in [-0.3, -0.25) is 14.9 Å². The summed E-state index contributed by atoms with van der Waals surface area (Å²) in [7, 11) is 1.82.